The molecule has 0 heterocycles. The third kappa shape index (κ3) is 2.35. The van der Waals surface area contributed by atoms with E-state index in [1.54, 1.807) is 0 Å². The van der Waals surface area contributed by atoms with Gasteiger partial charge in [0.15, 0.2) is 0 Å². The van der Waals surface area contributed by atoms with Crippen molar-refractivity contribution in [3.63, 3.8) is 0 Å². The lowest BCUT2D eigenvalue weighted by molar-refractivity contribution is -0.127. The number of ketones is 1. The summed E-state index contributed by atoms with van der Waals surface area (Å²) in [5.74, 6) is 1.65. The van der Waals surface area contributed by atoms with Crippen LogP contribution >= 0.6 is 15.9 Å². The van der Waals surface area contributed by atoms with Crippen LogP contribution in [0.2, 0.25) is 0 Å². The first-order valence-electron chi connectivity index (χ1n) is 4.64. The van der Waals surface area contributed by atoms with Crippen LogP contribution in [0.25, 0.3) is 0 Å². The zero-order chi connectivity index (χ0) is 9.97. The number of Topliss-reactive ketones (excluding diaryl/α,β-unsaturated/α-hetero) is 1. The average molecular weight is 255 g/mol. The Bertz CT molecular complexity index is 341. The Morgan fingerprint density at radius 1 is 1.43 bits per heavy atom. The van der Waals surface area contributed by atoms with Crippen molar-refractivity contribution < 1.29 is 9.53 Å². The molecule has 0 aliphatic heterocycles. The zero-order valence-corrected chi connectivity index (χ0v) is 9.29. The van der Waals surface area contributed by atoms with Gasteiger partial charge in [-0.1, -0.05) is 22.0 Å². The summed E-state index contributed by atoms with van der Waals surface area (Å²) in [5, 5.41) is 0. The third-order valence-electron chi connectivity index (χ3n) is 2.31. The summed E-state index contributed by atoms with van der Waals surface area (Å²) < 4.78 is 6.57. The molecule has 1 aliphatic carbocycles. The zero-order valence-electron chi connectivity index (χ0n) is 7.70. The standard InChI is InChI=1S/C11H11BrO2/c12-9-2-1-3-11(6-9)14-7-8-4-10(13)5-8/h1-3,6,8H,4-5,7H2. The molecular weight excluding hydrogens is 244 g/mol. The van der Waals surface area contributed by atoms with Crippen LogP contribution in [-0.2, 0) is 4.79 Å². The highest BCUT2D eigenvalue weighted by Crippen LogP contribution is 2.24. The van der Waals surface area contributed by atoms with Gasteiger partial charge < -0.3 is 4.74 Å². The Kier molecular flexibility index (Phi) is 2.87. The molecule has 0 unspecified atom stereocenters. The van der Waals surface area contributed by atoms with E-state index in [1.165, 1.54) is 0 Å². The van der Waals surface area contributed by atoms with Crippen molar-refractivity contribution in [2.24, 2.45) is 5.92 Å². The van der Waals surface area contributed by atoms with E-state index in [-0.39, 0.29) is 0 Å². The molecule has 0 N–H and O–H groups in total. The second kappa shape index (κ2) is 4.13. The molecule has 1 aromatic carbocycles. The quantitative estimate of drug-likeness (QED) is 0.830. The first-order chi connectivity index (χ1) is 6.74. The second-order valence-electron chi connectivity index (χ2n) is 3.58. The predicted molar refractivity (Wildman–Crippen MR) is 57.4 cm³/mol. The summed E-state index contributed by atoms with van der Waals surface area (Å²) in [6.07, 6.45) is 1.38. The first-order valence-corrected chi connectivity index (χ1v) is 5.43. The normalized spacial score (nSPS) is 16.5. The Balaban J connectivity index is 1.83. The van der Waals surface area contributed by atoms with Gasteiger partial charge in [-0.25, -0.2) is 0 Å². The molecule has 0 bridgehead atoms. The van der Waals surface area contributed by atoms with Crippen LogP contribution in [0.15, 0.2) is 28.7 Å². The summed E-state index contributed by atoms with van der Waals surface area (Å²) in [6, 6.07) is 7.75. The molecule has 0 aromatic heterocycles. The number of rotatable bonds is 3. The predicted octanol–water partition coefficient (Wildman–Crippen LogP) is 2.81. The molecule has 1 saturated carbocycles. The van der Waals surface area contributed by atoms with Gasteiger partial charge in [0.1, 0.15) is 11.5 Å². The van der Waals surface area contributed by atoms with Crippen molar-refractivity contribution in [1.29, 1.82) is 0 Å². The summed E-state index contributed by atoms with van der Waals surface area (Å²) in [7, 11) is 0. The van der Waals surface area contributed by atoms with Crippen molar-refractivity contribution >= 4 is 21.7 Å². The Morgan fingerprint density at radius 3 is 2.86 bits per heavy atom. The topological polar surface area (TPSA) is 26.3 Å². The Labute approximate surface area is 91.4 Å². The summed E-state index contributed by atoms with van der Waals surface area (Å²) in [5.41, 5.74) is 0. The highest BCUT2D eigenvalue weighted by atomic mass is 79.9. The van der Waals surface area contributed by atoms with Crippen LogP contribution in [0, 0.1) is 5.92 Å². The molecule has 3 heteroatoms. The van der Waals surface area contributed by atoms with E-state index in [1.807, 2.05) is 24.3 Å². The molecule has 1 fully saturated rings. The number of halogens is 1. The number of carbonyl (C=O) groups is 1. The van der Waals surface area contributed by atoms with Crippen LogP contribution in [0.4, 0.5) is 0 Å². The number of hydrogen-bond acceptors (Lipinski definition) is 2. The van der Waals surface area contributed by atoms with Crippen molar-refractivity contribution in [2.75, 3.05) is 6.61 Å². The summed E-state index contributed by atoms with van der Waals surface area (Å²) >= 11 is 3.38. The second-order valence-corrected chi connectivity index (χ2v) is 4.50. The van der Waals surface area contributed by atoms with E-state index >= 15 is 0 Å². The maximum Gasteiger partial charge on any atom is 0.133 e. The van der Waals surface area contributed by atoms with Gasteiger partial charge in [0.2, 0.25) is 0 Å². The molecule has 0 saturated heterocycles. The van der Waals surface area contributed by atoms with Gasteiger partial charge in [-0.05, 0) is 18.2 Å². The Morgan fingerprint density at radius 2 is 2.21 bits per heavy atom. The van der Waals surface area contributed by atoms with Crippen LogP contribution in [0.5, 0.6) is 5.75 Å². The van der Waals surface area contributed by atoms with Gasteiger partial charge in [-0.15, -0.1) is 0 Å². The van der Waals surface area contributed by atoms with Gasteiger partial charge >= 0.3 is 0 Å². The molecule has 0 amide bonds. The minimum absolute atomic E-state index is 0.354. The lowest BCUT2D eigenvalue weighted by Gasteiger charge is -2.23. The minimum Gasteiger partial charge on any atom is -0.493 e. The SMILES string of the molecule is O=C1CC(COc2cccc(Br)c2)C1. The highest BCUT2D eigenvalue weighted by Gasteiger charge is 2.26. The maximum absolute atomic E-state index is 10.7. The fourth-order valence-electron chi connectivity index (χ4n) is 1.47. The van der Waals surface area contributed by atoms with Gasteiger partial charge in [0.05, 0.1) is 6.61 Å². The van der Waals surface area contributed by atoms with Gasteiger partial charge in [0, 0.05) is 23.2 Å². The smallest absolute Gasteiger partial charge is 0.133 e. The molecule has 2 rings (SSSR count). The largest absolute Gasteiger partial charge is 0.493 e. The molecule has 0 radical (unpaired) electrons. The molecular formula is C11H11BrO2. The highest BCUT2D eigenvalue weighted by molar-refractivity contribution is 9.10. The van der Waals surface area contributed by atoms with E-state index in [4.69, 9.17) is 4.74 Å². The molecule has 74 valence electrons. The number of benzene rings is 1. The van der Waals surface area contributed by atoms with Gasteiger partial charge in [-0.3, -0.25) is 4.79 Å². The van der Waals surface area contributed by atoms with Crippen LogP contribution in [0.1, 0.15) is 12.8 Å². The molecule has 0 spiro atoms. The Hall–Kier alpha value is -0.830. The van der Waals surface area contributed by atoms with Crippen LogP contribution in [-0.4, -0.2) is 12.4 Å². The fourth-order valence-corrected chi connectivity index (χ4v) is 1.85. The van der Waals surface area contributed by atoms with Crippen LogP contribution in [0.3, 0.4) is 0 Å². The summed E-state index contributed by atoms with van der Waals surface area (Å²) in [6.45, 7) is 0.655. The van der Waals surface area contributed by atoms with Crippen molar-refractivity contribution in [2.45, 2.75) is 12.8 Å². The minimum atomic E-state index is 0.354. The van der Waals surface area contributed by atoms with Crippen molar-refractivity contribution in [3.8, 4) is 5.75 Å². The van der Waals surface area contributed by atoms with Gasteiger partial charge in [-0.2, -0.15) is 0 Å². The molecule has 14 heavy (non-hydrogen) atoms. The van der Waals surface area contributed by atoms with Crippen molar-refractivity contribution in [1.82, 2.24) is 0 Å². The van der Waals surface area contributed by atoms with E-state index in [0.29, 0.717) is 31.1 Å². The third-order valence-corrected chi connectivity index (χ3v) is 2.81. The van der Waals surface area contributed by atoms with E-state index in [2.05, 4.69) is 15.9 Å². The van der Waals surface area contributed by atoms with Crippen molar-refractivity contribution in [3.05, 3.63) is 28.7 Å². The molecule has 0 atom stereocenters. The molecule has 1 aliphatic rings. The van der Waals surface area contributed by atoms with E-state index < -0.39 is 0 Å². The molecule has 2 nitrogen and oxygen atoms in total. The fraction of sp³-hybridized carbons (Fsp3) is 0.364. The number of hydrogen-bond donors (Lipinski definition) is 0. The van der Waals surface area contributed by atoms with Crippen LogP contribution < -0.4 is 4.74 Å². The summed E-state index contributed by atoms with van der Waals surface area (Å²) in [4.78, 5) is 10.7. The number of carbonyl (C=O) groups excluding carboxylic acids is 1. The van der Waals surface area contributed by atoms with E-state index in [9.17, 15) is 4.79 Å². The lowest BCUT2D eigenvalue weighted by atomic mass is 9.85. The maximum atomic E-state index is 10.7. The first kappa shape index (κ1) is 9.71. The molecule has 1 aromatic rings. The average Bonchev–Trinajstić information content (AvgIpc) is 2.11. The van der Waals surface area contributed by atoms with E-state index in [0.717, 1.165) is 10.2 Å². The van der Waals surface area contributed by atoms with Gasteiger partial charge in [0.25, 0.3) is 0 Å². The monoisotopic (exact) mass is 254 g/mol. The lowest BCUT2D eigenvalue weighted by Crippen LogP contribution is -2.28. The number of ether oxygens (including phenoxy) is 1.